The smallest absolute Gasteiger partial charge is 0.307 e. The van der Waals surface area contributed by atoms with Gasteiger partial charge >= 0.3 is 11.9 Å². The Labute approximate surface area is 187 Å². The predicted molar refractivity (Wildman–Crippen MR) is 120 cm³/mol. The number of esters is 1. The molecule has 0 heterocycles. The van der Waals surface area contributed by atoms with Crippen LogP contribution in [0.2, 0.25) is 5.02 Å². The Morgan fingerprint density at radius 2 is 1.81 bits per heavy atom. The van der Waals surface area contributed by atoms with Crippen molar-refractivity contribution in [2.24, 2.45) is 0 Å². The van der Waals surface area contributed by atoms with Crippen molar-refractivity contribution in [1.29, 1.82) is 0 Å². The number of carboxylic acids is 1. The maximum atomic E-state index is 12.2. The zero-order chi connectivity index (χ0) is 22.6. The van der Waals surface area contributed by atoms with E-state index in [0.29, 0.717) is 18.1 Å². The van der Waals surface area contributed by atoms with Crippen LogP contribution in [0.15, 0.2) is 48.5 Å². The van der Waals surface area contributed by atoms with E-state index in [9.17, 15) is 14.4 Å². The summed E-state index contributed by atoms with van der Waals surface area (Å²) in [6.07, 6.45) is 1.77. The first-order valence-electron chi connectivity index (χ1n) is 10.4. The van der Waals surface area contributed by atoms with Crippen LogP contribution in [-0.2, 0) is 25.5 Å². The number of aliphatic carboxylic acids is 1. The third-order valence-corrected chi connectivity index (χ3v) is 4.93. The molecule has 31 heavy (non-hydrogen) atoms. The topological polar surface area (TPSA) is 92.7 Å². The minimum atomic E-state index is -1.04. The second-order valence-corrected chi connectivity index (χ2v) is 7.78. The second-order valence-electron chi connectivity index (χ2n) is 7.35. The first kappa shape index (κ1) is 24.4. The molecule has 0 spiro atoms. The molecular weight excluding hydrogens is 418 g/mol. The number of unbranched alkanes of at least 4 members (excludes halogenated alkanes) is 1. The molecule has 2 rings (SSSR count). The van der Waals surface area contributed by atoms with Crippen LogP contribution in [-0.4, -0.2) is 35.6 Å². The van der Waals surface area contributed by atoms with Crippen LogP contribution < -0.4 is 5.32 Å². The van der Waals surface area contributed by atoms with E-state index >= 15 is 0 Å². The summed E-state index contributed by atoms with van der Waals surface area (Å²) in [5, 5.41) is 12.2. The highest BCUT2D eigenvalue weighted by Gasteiger charge is 2.19. The van der Waals surface area contributed by atoms with Gasteiger partial charge in [0.25, 0.3) is 0 Å². The van der Waals surface area contributed by atoms with Crippen molar-refractivity contribution >= 4 is 29.4 Å². The van der Waals surface area contributed by atoms with Crippen LogP contribution in [0.4, 0.5) is 0 Å². The number of hydrogen-bond donors (Lipinski definition) is 2. The summed E-state index contributed by atoms with van der Waals surface area (Å²) in [7, 11) is 0. The molecule has 0 bridgehead atoms. The molecule has 0 aliphatic rings. The van der Waals surface area contributed by atoms with Gasteiger partial charge in [-0.1, -0.05) is 61.3 Å². The fraction of sp³-hybridized carbons (Fsp3) is 0.375. The van der Waals surface area contributed by atoms with E-state index in [1.165, 1.54) is 0 Å². The SMILES string of the molecule is CCCCOC(=O)C[C@@H](Cc1ccc(-c2cccc(Cl)c2)cc1)NC(=O)CCC(=O)O. The van der Waals surface area contributed by atoms with Crippen molar-refractivity contribution in [3.8, 4) is 11.1 Å². The Morgan fingerprint density at radius 1 is 1.06 bits per heavy atom. The quantitative estimate of drug-likeness (QED) is 0.367. The Balaban J connectivity index is 2.04. The molecule has 0 radical (unpaired) electrons. The van der Waals surface area contributed by atoms with Gasteiger partial charge in [0, 0.05) is 17.5 Å². The van der Waals surface area contributed by atoms with Crippen molar-refractivity contribution in [3.63, 3.8) is 0 Å². The van der Waals surface area contributed by atoms with Gasteiger partial charge < -0.3 is 15.2 Å². The van der Waals surface area contributed by atoms with E-state index in [-0.39, 0.29) is 25.2 Å². The largest absolute Gasteiger partial charge is 0.481 e. The molecule has 166 valence electrons. The molecule has 6 nitrogen and oxygen atoms in total. The van der Waals surface area contributed by atoms with Crippen LogP contribution >= 0.6 is 11.6 Å². The molecule has 0 aliphatic carbocycles. The van der Waals surface area contributed by atoms with E-state index in [1.807, 2.05) is 55.5 Å². The van der Waals surface area contributed by atoms with Gasteiger partial charge in [-0.2, -0.15) is 0 Å². The van der Waals surface area contributed by atoms with Gasteiger partial charge in [-0.05, 0) is 41.7 Å². The fourth-order valence-corrected chi connectivity index (χ4v) is 3.26. The van der Waals surface area contributed by atoms with E-state index in [4.69, 9.17) is 21.4 Å². The van der Waals surface area contributed by atoms with E-state index in [0.717, 1.165) is 29.5 Å². The monoisotopic (exact) mass is 445 g/mol. The Bertz CT molecular complexity index is 882. The number of carbonyl (C=O) groups excluding carboxylic acids is 2. The Hall–Kier alpha value is -2.86. The highest BCUT2D eigenvalue weighted by molar-refractivity contribution is 6.30. The van der Waals surface area contributed by atoms with Crippen LogP contribution in [0.3, 0.4) is 0 Å². The van der Waals surface area contributed by atoms with E-state index < -0.39 is 17.9 Å². The molecule has 7 heteroatoms. The molecule has 0 unspecified atom stereocenters. The summed E-state index contributed by atoms with van der Waals surface area (Å²) in [6, 6.07) is 14.9. The summed E-state index contributed by atoms with van der Waals surface area (Å²) in [4.78, 5) is 35.0. The van der Waals surface area contributed by atoms with Crippen LogP contribution in [0.25, 0.3) is 11.1 Å². The van der Waals surface area contributed by atoms with Crippen molar-refractivity contribution in [2.45, 2.75) is 51.5 Å². The maximum Gasteiger partial charge on any atom is 0.307 e. The fourth-order valence-electron chi connectivity index (χ4n) is 3.07. The number of halogens is 1. The van der Waals surface area contributed by atoms with Crippen molar-refractivity contribution in [2.75, 3.05) is 6.61 Å². The summed E-state index contributed by atoms with van der Waals surface area (Å²) in [6.45, 7) is 2.36. The van der Waals surface area contributed by atoms with Crippen molar-refractivity contribution < 1.29 is 24.2 Å². The van der Waals surface area contributed by atoms with Gasteiger partial charge in [-0.25, -0.2) is 0 Å². The molecule has 0 saturated heterocycles. The van der Waals surface area contributed by atoms with Crippen molar-refractivity contribution in [1.82, 2.24) is 5.32 Å². The summed E-state index contributed by atoms with van der Waals surface area (Å²) in [5.41, 5.74) is 2.94. The maximum absolute atomic E-state index is 12.2. The lowest BCUT2D eigenvalue weighted by Gasteiger charge is -2.18. The van der Waals surface area contributed by atoms with Gasteiger partial charge in [0.15, 0.2) is 0 Å². The zero-order valence-corrected chi connectivity index (χ0v) is 18.4. The van der Waals surface area contributed by atoms with Gasteiger partial charge in [-0.15, -0.1) is 0 Å². The first-order chi connectivity index (χ1) is 14.9. The molecule has 0 fully saturated rings. The molecule has 0 saturated carbocycles. The number of benzene rings is 2. The minimum absolute atomic E-state index is 0.0264. The number of nitrogens with one attached hydrogen (secondary N) is 1. The standard InChI is InChI=1S/C24H28ClNO5/c1-2-3-13-31-24(30)16-21(26-22(27)11-12-23(28)29)14-17-7-9-18(10-8-17)19-5-4-6-20(25)15-19/h4-10,15,21H,2-3,11-14,16H2,1H3,(H,26,27)(H,28,29)/t21-/m1/s1. The third kappa shape index (κ3) is 9.22. The van der Waals surface area contributed by atoms with E-state index in [2.05, 4.69) is 5.32 Å². The van der Waals surface area contributed by atoms with Gasteiger partial charge in [0.2, 0.25) is 5.91 Å². The normalized spacial score (nSPS) is 11.5. The highest BCUT2D eigenvalue weighted by Crippen LogP contribution is 2.23. The number of rotatable bonds is 12. The Morgan fingerprint density at radius 3 is 2.45 bits per heavy atom. The second kappa shape index (κ2) is 12.7. The van der Waals surface area contributed by atoms with Crippen LogP contribution in [0.1, 0.15) is 44.6 Å². The minimum Gasteiger partial charge on any atom is -0.481 e. The van der Waals surface area contributed by atoms with Gasteiger partial charge in [0.05, 0.1) is 19.4 Å². The summed E-state index contributed by atoms with van der Waals surface area (Å²) >= 11 is 6.06. The van der Waals surface area contributed by atoms with Crippen LogP contribution in [0, 0.1) is 0 Å². The summed E-state index contributed by atoms with van der Waals surface area (Å²) in [5.74, 6) is -1.82. The average Bonchev–Trinajstić information content (AvgIpc) is 2.73. The highest BCUT2D eigenvalue weighted by atomic mass is 35.5. The van der Waals surface area contributed by atoms with E-state index in [1.54, 1.807) is 0 Å². The van der Waals surface area contributed by atoms with Crippen molar-refractivity contribution in [3.05, 3.63) is 59.1 Å². The summed E-state index contributed by atoms with van der Waals surface area (Å²) < 4.78 is 5.22. The number of hydrogen-bond acceptors (Lipinski definition) is 4. The van der Waals surface area contributed by atoms with Crippen LogP contribution in [0.5, 0.6) is 0 Å². The molecule has 1 atom stereocenters. The first-order valence-corrected chi connectivity index (χ1v) is 10.8. The lowest BCUT2D eigenvalue weighted by molar-refractivity contribution is -0.144. The zero-order valence-electron chi connectivity index (χ0n) is 17.6. The average molecular weight is 446 g/mol. The lowest BCUT2D eigenvalue weighted by Crippen LogP contribution is -2.38. The number of ether oxygens (including phenoxy) is 1. The van der Waals surface area contributed by atoms with Gasteiger partial charge in [-0.3, -0.25) is 14.4 Å². The molecule has 0 aliphatic heterocycles. The number of carboxylic acid groups (broad SMARTS) is 1. The number of carbonyl (C=O) groups is 3. The number of amides is 1. The molecule has 1 amide bonds. The molecule has 2 aromatic carbocycles. The molecule has 2 aromatic rings. The predicted octanol–water partition coefficient (Wildman–Crippen LogP) is 4.63. The lowest BCUT2D eigenvalue weighted by atomic mass is 9.99. The Kier molecular flexibility index (Phi) is 10.0. The molecule has 0 aromatic heterocycles. The third-order valence-electron chi connectivity index (χ3n) is 4.70. The molecular formula is C24H28ClNO5. The molecule has 2 N–H and O–H groups in total. The van der Waals surface area contributed by atoms with Gasteiger partial charge in [0.1, 0.15) is 0 Å².